The third-order valence-corrected chi connectivity index (χ3v) is 2.82. The fourth-order valence-corrected chi connectivity index (χ4v) is 2.20. The molecule has 0 amide bonds. The monoisotopic (exact) mass is 195 g/mol. The fraction of sp³-hybridized carbons (Fsp3) is 1.00. The van der Waals surface area contributed by atoms with Crippen LogP contribution in [0.25, 0.3) is 0 Å². The molecule has 1 nitrogen and oxygen atoms in total. The second kappa shape index (κ2) is 5.23. The lowest BCUT2D eigenvalue weighted by molar-refractivity contribution is 0.173. The van der Waals surface area contributed by atoms with Gasteiger partial charge in [-0.1, -0.05) is 6.42 Å². The van der Waals surface area contributed by atoms with E-state index in [1.54, 1.807) is 0 Å². The Labute approximate surface area is 78.7 Å². The molecule has 1 heterocycles. The van der Waals surface area contributed by atoms with Crippen LogP contribution >= 0.6 is 23.2 Å². The summed E-state index contributed by atoms with van der Waals surface area (Å²) in [5, 5.41) is 0. The molecule has 0 saturated carbocycles. The van der Waals surface area contributed by atoms with Crippen LogP contribution in [-0.2, 0) is 0 Å². The van der Waals surface area contributed by atoms with E-state index in [9.17, 15) is 0 Å². The number of alkyl halides is 2. The molecule has 0 aliphatic carbocycles. The highest BCUT2D eigenvalue weighted by Crippen LogP contribution is 2.17. The maximum absolute atomic E-state index is 5.83. The Kier molecular flexibility index (Phi) is 4.58. The quantitative estimate of drug-likeness (QED) is 0.626. The van der Waals surface area contributed by atoms with Crippen molar-refractivity contribution in [1.82, 2.24) is 4.90 Å². The molecule has 1 aliphatic rings. The summed E-state index contributed by atoms with van der Waals surface area (Å²) in [5.41, 5.74) is 0. The summed E-state index contributed by atoms with van der Waals surface area (Å²) in [6.07, 6.45) is 3.89. The molecule has 0 aromatic carbocycles. The van der Waals surface area contributed by atoms with E-state index in [0.717, 1.165) is 18.3 Å². The molecule has 0 N–H and O–H groups in total. The molecule has 0 aromatic rings. The second-order valence-electron chi connectivity index (χ2n) is 3.03. The van der Waals surface area contributed by atoms with Crippen LogP contribution in [0.4, 0.5) is 0 Å². The number of hydrogen-bond acceptors (Lipinski definition) is 1. The SMILES string of the molecule is ClCCN1CCCC[C@H]1CCl. The predicted molar refractivity (Wildman–Crippen MR) is 50.7 cm³/mol. The highest BCUT2D eigenvalue weighted by atomic mass is 35.5. The zero-order chi connectivity index (χ0) is 8.10. The third-order valence-electron chi connectivity index (χ3n) is 2.30. The summed E-state index contributed by atoms with van der Waals surface area (Å²) in [7, 11) is 0. The van der Waals surface area contributed by atoms with Crippen LogP contribution in [0.1, 0.15) is 19.3 Å². The Bertz CT molecular complexity index is 106. The van der Waals surface area contributed by atoms with Crippen molar-refractivity contribution in [2.24, 2.45) is 0 Å². The maximum Gasteiger partial charge on any atom is 0.0379 e. The highest BCUT2D eigenvalue weighted by molar-refractivity contribution is 6.18. The van der Waals surface area contributed by atoms with Crippen LogP contribution in [0.15, 0.2) is 0 Å². The smallest absolute Gasteiger partial charge is 0.0379 e. The van der Waals surface area contributed by atoms with E-state index in [1.807, 2.05) is 0 Å². The standard InChI is InChI=1S/C8H15Cl2N/c9-4-6-11-5-2-1-3-8(11)7-10/h8H,1-7H2/t8-/m0/s1. The number of hydrogen-bond donors (Lipinski definition) is 0. The average molecular weight is 196 g/mol. The lowest BCUT2D eigenvalue weighted by atomic mass is 10.0. The Balaban J connectivity index is 2.31. The minimum Gasteiger partial charge on any atom is -0.298 e. The Hall–Kier alpha value is 0.540. The Morgan fingerprint density at radius 2 is 2.09 bits per heavy atom. The van der Waals surface area contributed by atoms with Gasteiger partial charge in [-0.15, -0.1) is 23.2 Å². The molecule has 0 bridgehead atoms. The van der Waals surface area contributed by atoms with E-state index in [4.69, 9.17) is 23.2 Å². The average Bonchev–Trinajstić information content (AvgIpc) is 2.06. The second-order valence-corrected chi connectivity index (χ2v) is 3.72. The molecule has 1 fully saturated rings. The van der Waals surface area contributed by atoms with E-state index in [1.165, 1.54) is 25.8 Å². The van der Waals surface area contributed by atoms with Gasteiger partial charge in [-0.25, -0.2) is 0 Å². The van der Waals surface area contributed by atoms with Gasteiger partial charge in [0.1, 0.15) is 0 Å². The molecule has 66 valence electrons. The van der Waals surface area contributed by atoms with Crippen molar-refractivity contribution >= 4 is 23.2 Å². The normalized spacial score (nSPS) is 27.3. The van der Waals surface area contributed by atoms with Crippen molar-refractivity contribution in [3.05, 3.63) is 0 Å². The lowest BCUT2D eigenvalue weighted by Gasteiger charge is -2.33. The third kappa shape index (κ3) is 2.81. The molecule has 0 unspecified atom stereocenters. The molecule has 1 rings (SSSR count). The fourth-order valence-electron chi connectivity index (χ4n) is 1.64. The number of rotatable bonds is 3. The van der Waals surface area contributed by atoms with Crippen LogP contribution in [-0.4, -0.2) is 35.8 Å². The molecular weight excluding hydrogens is 181 g/mol. The van der Waals surface area contributed by atoms with Crippen molar-refractivity contribution < 1.29 is 0 Å². The molecule has 1 aliphatic heterocycles. The van der Waals surface area contributed by atoms with E-state index in [0.29, 0.717) is 6.04 Å². The van der Waals surface area contributed by atoms with Crippen LogP contribution in [0.3, 0.4) is 0 Å². The van der Waals surface area contributed by atoms with Gasteiger partial charge in [0, 0.05) is 24.3 Å². The first-order valence-corrected chi connectivity index (χ1v) is 5.31. The van der Waals surface area contributed by atoms with Crippen LogP contribution in [0, 0.1) is 0 Å². The van der Waals surface area contributed by atoms with Gasteiger partial charge in [-0.05, 0) is 19.4 Å². The first-order chi connectivity index (χ1) is 5.38. The molecule has 1 saturated heterocycles. The summed E-state index contributed by atoms with van der Waals surface area (Å²) in [5.74, 6) is 1.49. The van der Waals surface area contributed by atoms with Gasteiger partial charge in [-0.2, -0.15) is 0 Å². The summed E-state index contributed by atoms with van der Waals surface area (Å²) in [6, 6.07) is 0.587. The number of nitrogens with zero attached hydrogens (tertiary/aromatic N) is 1. The Morgan fingerprint density at radius 1 is 1.27 bits per heavy atom. The van der Waals surface area contributed by atoms with E-state index in [-0.39, 0.29) is 0 Å². The van der Waals surface area contributed by atoms with Gasteiger partial charge in [0.15, 0.2) is 0 Å². The topological polar surface area (TPSA) is 3.24 Å². The molecule has 0 spiro atoms. The minimum absolute atomic E-state index is 0.587. The number of piperidine rings is 1. The summed E-state index contributed by atoms with van der Waals surface area (Å²) < 4.78 is 0. The summed E-state index contributed by atoms with van der Waals surface area (Å²) in [6.45, 7) is 2.18. The van der Waals surface area contributed by atoms with Crippen molar-refractivity contribution in [2.45, 2.75) is 25.3 Å². The summed E-state index contributed by atoms with van der Waals surface area (Å²) >= 11 is 11.5. The van der Waals surface area contributed by atoms with Gasteiger partial charge in [0.25, 0.3) is 0 Å². The lowest BCUT2D eigenvalue weighted by Crippen LogP contribution is -2.41. The predicted octanol–water partition coefficient (Wildman–Crippen LogP) is 2.32. The van der Waals surface area contributed by atoms with E-state index >= 15 is 0 Å². The molecule has 0 radical (unpaired) electrons. The summed E-state index contributed by atoms with van der Waals surface area (Å²) in [4.78, 5) is 2.41. The molecular formula is C8H15Cl2N. The van der Waals surface area contributed by atoms with Gasteiger partial charge in [0.05, 0.1) is 0 Å². The number of halogens is 2. The van der Waals surface area contributed by atoms with Crippen LogP contribution in [0.5, 0.6) is 0 Å². The zero-order valence-corrected chi connectivity index (χ0v) is 8.24. The van der Waals surface area contributed by atoms with Gasteiger partial charge >= 0.3 is 0 Å². The van der Waals surface area contributed by atoms with Crippen molar-refractivity contribution in [1.29, 1.82) is 0 Å². The zero-order valence-electron chi connectivity index (χ0n) is 6.73. The molecule has 0 aromatic heterocycles. The highest BCUT2D eigenvalue weighted by Gasteiger charge is 2.20. The first-order valence-electron chi connectivity index (χ1n) is 4.24. The molecule has 11 heavy (non-hydrogen) atoms. The molecule has 1 atom stereocenters. The van der Waals surface area contributed by atoms with Crippen molar-refractivity contribution in [3.63, 3.8) is 0 Å². The largest absolute Gasteiger partial charge is 0.298 e. The van der Waals surface area contributed by atoms with Gasteiger partial charge in [-0.3, -0.25) is 4.90 Å². The van der Waals surface area contributed by atoms with Gasteiger partial charge < -0.3 is 0 Å². The first kappa shape index (κ1) is 9.63. The maximum atomic E-state index is 5.83. The molecule has 3 heteroatoms. The van der Waals surface area contributed by atoms with E-state index < -0.39 is 0 Å². The van der Waals surface area contributed by atoms with Crippen molar-refractivity contribution in [3.8, 4) is 0 Å². The minimum atomic E-state index is 0.587. The Morgan fingerprint density at radius 3 is 2.73 bits per heavy atom. The van der Waals surface area contributed by atoms with Crippen LogP contribution < -0.4 is 0 Å². The number of likely N-dealkylation sites (tertiary alicyclic amines) is 1. The van der Waals surface area contributed by atoms with Gasteiger partial charge in [0.2, 0.25) is 0 Å². The van der Waals surface area contributed by atoms with Crippen molar-refractivity contribution in [2.75, 3.05) is 24.8 Å². The van der Waals surface area contributed by atoms with Crippen LogP contribution in [0.2, 0.25) is 0 Å². The van der Waals surface area contributed by atoms with E-state index in [2.05, 4.69) is 4.90 Å².